The highest BCUT2D eigenvalue weighted by atomic mass is 15.2. The molecular formula is C9H18N2. The summed E-state index contributed by atoms with van der Waals surface area (Å²) in [4.78, 5) is 4.78. The van der Waals surface area contributed by atoms with Gasteiger partial charge in [-0.2, -0.15) is 0 Å². The SMILES string of the molecule is C/C=C/N1CCCN(C)CC1. The lowest BCUT2D eigenvalue weighted by molar-refractivity contribution is 0.337. The molecule has 0 saturated carbocycles. The molecule has 64 valence electrons. The standard InChI is InChI=1S/C9H18N2/c1-3-5-11-7-4-6-10(2)8-9-11/h3,5H,4,6-9H2,1-2H3/b5-3+. The highest BCUT2D eigenvalue weighted by molar-refractivity contribution is 4.80. The molecule has 0 N–H and O–H groups in total. The fraction of sp³-hybridized carbons (Fsp3) is 0.778. The maximum absolute atomic E-state index is 2.39. The Kier molecular flexibility index (Phi) is 3.43. The van der Waals surface area contributed by atoms with Gasteiger partial charge in [0.25, 0.3) is 0 Å². The van der Waals surface area contributed by atoms with E-state index in [0.717, 1.165) is 0 Å². The van der Waals surface area contributed by atoms with E-state index in [2.05, 4.69) is 36.0 Å². The van der Waals surface area contributed by atoms with Gasteiger partial charge in [-0.25, -0.2) is 0 Å². The van der Waals surface area contributed by atoms with Crippen LogP contribution in [0.4, 0.5) is 0 Å². The van der Waals surface area contributed by atoms with Gasteiger partial charge in [0.05, 0.1) is 0 Å². The molecule has 0 spiro atoms. The maximum atomic E-state index is 2.39. The fourth-order valence-electron chi connectivity index (χ4n) is 1.43. The van der Waals surface area contributed by atoms with E-state index in [9.17, 15) is 0 Å². The van der Waals surface area contributed by atoms with E-state index < -0.39 is 0 Å². The molecule has 2 nitrogen and oxygen atoms in total. The van der Waals surface area contributed by atoms with Crippen molar-refractivity contribution >= 4 is 0 Å². The largest absolute Gasteiger partial charge is 0.376 e. The smallest absolute Gasteiger partial charge is 0.0300 e. The van der Waals surface area contributed by atoms with Crippen LogP contribution in [0.2, 0.25) is 0 Å². The molecule has 0 bridgehead atoms. The Morgan fingerprint density at radius 2 is 1.91 bits per heavy atom. The summed E-state index contributed by atoms with van der Waals surface area (Å²) < 4.78 is 0. The Labute approximate surface area is 69.5 Å². The molecule has 0 aromatic carbocycles. The zero-order valence-electron chi connectivity index (χ0n) is 7.58. The highest BCUT2D eigenvalue weighted by Crippen LogP contribution is 2.00. The van der Waals surface area contributed by atoms with Crippen LogP contribution in [0.5, 0.6) is 0 Å². The Hall–Kier alpha value is -0.500. The van der Waals surface area contributed by atoms with Crippen molar-refractivity contribution in [2.75, 3.05) is 33.2 Å². The average Bonchev–Trinajstić information content (AvgIpc) is 2.17. The van der Waals surface area contributed by atoms with Crippen LogP contribution in [0, 0.1) is 0 Å². The van der Waals surface area contributed by atoms with Gasteiger partial charge in [0.15, 0.2) is 0 Å². The van der Waals surface area contributed by atoms with Crippen molar-refractivity contribution in [1.29, 1.82) is 0 Å². The molecule has 1 fully saturated rings. The second kappa shape index (κ2) is 4.39. The van der Waals surface area contributed by atoms with Crippen molar-refractivity contribution in [1.82, 2.24) is 9.80 Å². The van der Waals surface area contributed by atoms with Gasteiger partial charge in [-0.3, -0.25) is 0 Å². The number of hydrogen-bond donors (Lipinski definition) is 0. The first kappa shape index (κ1) is 8.60. The van der Waals surface area contributed by atoms with Gasteiger partial charge in [-0.1, -0.05) is 6.08 Å². The van der Waals surface area contributed by atoms with Crippen LogP contribution >= 0.6 is 0 Å². The number of rotatable bonds is 1. The van der Waals surface area contributed by atoms with E-state index in [0.29, 0.717) is 0 Å². The molecule has 11 heavy (non-hydrogen) atoms. The molecule has 1 heterocycles. The van der Waals surface area contributed by atoms with Crippen LogP contribution in [-0.4, -0.2) is 43.0 Å². The summed E-state index contributed by atoms with van der Waals surface area (Å²) in [6, 6.07) is 0. The summed E-state index contributed by atoms with van der Waals surface area (Å²) in [6.45, 7) is 6.92. The molecular weight excluding hydrogens is 136 g/mol. The maximum Gasteiger partial charge on any atom is 0.0300 e. The summed E-state index contributed by atoms with van der Waals surface area (Å²) in [5.74, 6) is 0. The number of allylic oxidation sites excluding steroid dienone is 1. The first-order valence-electron chi connectivity index (χ1n) is 4.38. The first-order valence-corrected chi connectivity index (χ1v) is 4.38. The van der Waals surface area contributed by atoms with Crippen molar-refractivity contribution in [2.45, 2.75) is 13.3 Å². The zero-order chi connectivity index (χ0) is 8.10. The molecule has 2 heteroatoms. The molecule has 0 unspecified atom stereocenters. The second-order valence-electron chi connectivity index (χ2n) is 3.18. The van der Waals surface area contributed by atoms with Gasteiger partial charge in [0.1, 0.15) is 0 Å². The molecule has 1 aliphatic rings. The van der Waals surface area contributed by atoms with Crippen LogP contribution in [0.25, 0.3) is 0 Å². The third-order valence-corrected chi connectivity index (χ3v) is 2.11. The minimum absolute atomic E-state index is 1.18. The van der Waals surface area contributed by atoms with E-state index in [1.807, 2.05) is 0 Å². The summed E-state index contributed by atoms with van der Waals surface area (Å²) in [7, 11) is 2.19. The van der Waals surface area contributed by atoms with Gasteiger partial charge >= 0.3 is 0 Å². The molecule has 1 saturated heterocycles. The van der Waals surface area contributed by atoms with Crippen molar-refractivity contribution in [3.63, 3.8) is 0 Å². The van der Waals surface area contributed by atoms with Crippen LogP contribution in [0.15, 0.2) is 12.3 Å². The second-order valence-corrected chi connectivity index (χ2v) is 3.18. The third kappa shape index (κ3) is 2.93. The average molecular weight is 154 g/mol. The lowest BCUT2D eigenvalue weighted by Gasteiger charge is -2.17. The van der Waals surface area contributed by atoms with Gasteiger partial charge in [0, 0.05) is 19.6 Å². The van der Waals surface area contributed by atoms with Gasteiger partial charge in [-0.15, -0.1) is 0 Å². The van der Waals surface area contributed by atoms with E-state index in [1.54, 1.807) is 0 Å². The van der Waals surface area contributed by atoms with Gasteiger partial charge in [-0.05, 0) is 33.1 Å². The molecule has 0 aliphatic carbocycles. The minimum Gasteiger partial charge on any atom is -0.376 e. The minimum atomic E-state index is 1.18. The summed E-state index contributed by atoms with van der Waals surface area (Å²) >= 11 is 0. The van der Waals surface area contributed by atoms with Crippen molar-refractivity contribution < 1.29 is 0 Å². The van der Waals surface area contributed by atoms with E-state index in [-0.39, 0.29) is 0 Å². The Morgan fingerprint density at radius 3 is 2.64 bits per heavy atom. The van der Waals surface area contributed by atoms with E-state index in [1.165, 1.54) is 32.6 Å². The summed E-state index contributed by atoms with van der Waals surface area (Å²) in [5, 5.41) is 0. The summed E-state index contributed by atoms with van der Waals surface area (Å²) in [6.07, 6.45) is 5.60. The quantitative estimate of drug-likeness (QED) is 0.559. The van der Waals surface area contributed by atoms with Crippen LogP contribution < -0.4 is 0 Å². The zero-order valence-corrected chi connectivity index (χ0v) is 7.58. The Balaban J connectivity index is 2.33. The topological polar surface area (TPSA) is 6.48 Å². The van der Waals surface area contributed by atoms with Gasteiger partial charge < -0.3 is 9.80 Å². The molecule has 0 aromatic heterocycles. The van der Waals surface area contributed by atoms with E-state index in [4.69, 9.17) is 0 Å². The third-order valence-electron chi connectivity index (χ3n) is 2.11. The molecule has 1 aliphatic heterocycles. The molecule has 1 rings (SSSR count). The fourth-order valence-corrected chi connectivity index (χ4v) is 1.43. The number of likely N-dealkylation sites (N-methyl/N-ethyl adjacent to an activating group) is 1. The molecule has 0 amide bonds. The van der Waals surface area contributed by atoms with Crippen LogP contribution in [0.1, 0.15) is 13.3 Å². The predicted molar refractivity (Wildman–Crippen MR) is 48.5 cm³/mol. The van der Waals surface area contributed by atoms with Crippen molar-refractivity contribution in [3.05, 3.63) is 12.3 Å². The highest BCUT2D eigenvalue weighted by Gasteiger charge is 2.07. The normalized spacial score (nSPS) is 22.5. The number of hydrogen-bond acceptors (Lipinski definition) is 2. The number of nitrogens with zero attached hydrogens (tertiary/aromatic N) is 2. The van der Waals surface area contributed by atoms with Crippen LogP contribution in [0.3, 0.4) is 0 Å². The van der Waals surface area contributed by atoms with Gasteiger partial charge in [0.2, 0.25) is 0 Å². The predicted octanol–water partition coefficient (Wildman–Crippen LogP) is 1.16. The van der Waals surface area contributed by atoms with Crippen LogP contribution in [-0.2, 0) is 0 Å². The Bertz CT molecular complexity index is 132. The molecule has 0 aromatic rings. The lowest BCUT2D eigenvalue weighted by Crippen LogP contribution is -2.24. The Morgan fingerprint density at radius 1 is 1.09 bits per heavy atom. The lowest BCUT2D eigenvalue weighted by atomic mass is 10.4. The molecule has 0 radical (unpaired) electrons. The monoisotopic (exact) mass is 154 g/mol. The first-order chi connectivity index (χ1) is 5.33. The van der Waals surface area contributed by atoms with Crippen molar-refractivity contribution in [2.24, 2.45) is 0 Å². The van der Waals surface area contributed by atoms with Crippen molar-refractivity contribution in [3.8, 4) is 0 Å². The molecule has 0 atom stereocenters. The van der Waals surface area contributed by atoms with E-state index >= 15 is 0 Å². The summed E-state index contributed by atoms with van der Waals surface area (Å²) in [5.41, 5.74) is 0.